The molecule has 4 nitrogen and oxygen atoms in total. The molecular weight excluding hydrogens is 257 g/mol. The van der Waals surface area contributed by atoms with Crippen molar-refractivity contribution in [1.29, 1.82) is 0 Å². The van der Waals surface area contributed by atoms with Gasteiger partial charge in [-0.1, -0.05) is 6.07 Å². The predicted octanol–water partition coefficient (Wildman–Crippen LogP) is 1.38. The quantitative estimate of drug-likeness (QED) is 0.753. The van der Waals surface area contributed by atoms with E-state index in [2.05, 4.69) is 15.9 Å². The molecule has 76 valence electrons. The number of benzene rings is 1. The summed E-state index contributed by atoms with van der Waals surface area (Å²) < 4.78 is 13.1. The molecule has 0 aromatic heterocycles. The molecule has 14 heavy (non-hydrogen) atoms. The van der Waals surface area contributed by atoms with Crippen molar-refractivity contribution in [2.45, 2.75) is 6.04 Å². The third-order valence-corrected chi connectivity index (χ3v) is 2.31. The molecule has 0 radical (unpaired) electrons. The number of carbonyl (C=O) groups is 1. The van der Waals surface area contributed by atoms with Crippen LogP contribution in [0.3, 0.4) is 0 Å². The average molecular weight is 264 g/mol. The smallest absolute Gasteiger partial charge is 0.325 e. The highest BCUT2D eigenvalue weighted by molar-refractivity contribution is 9.10. The van der Waals surface area contributed by atoms with E-state index in [-0.39, 0.29) is 10.0 Å². The molecule has 0 amide bonds. The lowest BCUT2D eigenvalue weighted by Gasteiger charge is -2.09. The van der Waals surface area contributed by atoms with Crippen LogP contribution in [0.2, 0.25) is 0 Å². The molecule has 0 aliphatic rings. The molecule has 1 rings (SSSR count). The highest BCUT2D eigenvalue weighted by Crippen LogP contribution is 2.30. The van der Waals surface area contributed by atoms with E-state index in [0.29, 0.717) is 0 Å². The summed E-state index contributed by atoms with van der Waals surface area (Å²) >= 11 is 2.84. The number of halogens is 2. The van der Waals surface area contributed by atoms with Crippen LogP contribution in [0.25, 0.3) is 0 Å². The number of aromatic hydroxyl groups is 1. The Hall–Kier alpha value is -1.14. The maximum absolute atomic E-state index is 13.1. The van der Waals surface area contributed by atoms with E-state index < -0.39 is 23.6 Å². The van der Waals surface area contributed by atoms with Gasteiger partial charge in [0.1, 0.15) is 6.04 Å². The number of nitrogens with two attached hydrogens (primary N) is 1. The highest BCUT2D eigenvalue weighted by atomic mass is 79.9. The number of carboxylic acid groups (broad SMARTS) is 1. The van der Waals surface area contributed by atoms with Crippen LogP contribution in [0, 0.1) is 5.82 Å². The van der Waals surface area contributed by atoms with Crippen LogP contribution >= 0.6 is 15.9 Å². The molecule has 0 aliphatic carbocycles. The summed E-state index contributed by atoms with van der Waals surface area (Å²) in [6.45, 7) is 0. The largest absolute Gasteiger partial charge is 0.505 e. The van der Waals surface area contributed by atoms with Gasteiger partial charge < -0.3 is 15.9 Å². The van der Waals surface area contributed by atoms with Crippen molar-refractivity contribution in [3.63, 3.8) is 0 Å². The molecule has 0 aliphatic heterocycles. The fourth-order valence-electron chi connectivity index (χ4n) is 0.939. The molecule has 0 bridgehead atoms. The minimum absolute atomic E-state index is 0.0522. The predicted molar refractivity (Wildman–Crippen MR) is 50.3 cm³/mol. The van der Waals surface area contributed by atoms with E-state index in [9.17, 15) is 14.3 Å². The molecule has 6 heteroatoms. The van der Waals surface area contributed by atoms with Gasteiger partial charge in [0, 0.05) is 5.56 Å². The zero-order valence-electron chi connectivity index (χ0n) is 6.87. The topological polar surface area (TPSA) is 83.6 Å². The van der Waals surface area contributed by atoms with E-state index in [4.69, 9.17) is 10.8 Å². The lowest BCUT2D eigenvalue weighted by Crippen LogP contribution is -2.20. The molecule has 1 aromatic carbocycles. The Morgan fingerprint density at radius 2 is 2.14 bits per heavy atom. The fraction of sp³-hybridized carbons (Fsp3) is 0.125. The fourth-order valence-corrected chi connectivity index (χ4v) is 1.26. The van der Waals surface area contributed by atoms with Crippen molar-refractivity contribution in [1.82, 2.24) is 0 Å². The monoisotopic (exact) mass is 263 g/mol. The standard InChI is InChI=1S/C8H7BrFNO3/c9-4-2-1-3(6(11)8(13)14)7(12)5(4)10/h1-2,6,12H,11H2,(H,13,14)/t6-/m0/s1. The maximum atomic E-state index is 13.1. The van der Waals surface area contributed by atoms with Gasteiger partial charge in [0.2, 0.25) is 0 Å². The van der Waals surface area contributed by atoms with Crippen LogP contribution in [0.1, 0.15) is 11.6 Å². The van der Waals surface area contributed by atoms with E-state index in [1.165, 1.54) is 12.1 Å². The minimum Gasteiger partial charge on any atom is -0.505 e. The molecule has 4 N–H and O–H groups in total. The third kappa shape index (κ3) is 1.85. The van der Waals surface area contributed by atoms with Crippen molar-refractivity contribution in [2.24, 2.45) is 5.73 Å². The summed E-state index contributed by atoms with van der Waals surface area (Å²) in [6, 6.07) is 1.10. The number of rotatable bonds is 2. The molecule has 0 fully saturated rings. The Bertz CT molecular complexity index is 383. The summed E-state index contributed by atoms with van der Waals surface area (Å²) in [5.41, 5.74) is 5.06. The lowest BCUT2D eigenvalue weighted by atomic mass is 10.1. The first kappa shape index (κ1) is 10.9. The molecule has 0 unspecified atom stereocenters. The number of aliphatic carboxylic acids is 1. The molecule has 0 saturated carbocycles. The molecule has 1 aromatic rings. The minimum atomic E-state index is -1.43. The van der Waals surface area contributed by atoms with Crippen LogP contribution in [0.5, 0.6) is 5.75 Å². The molecule has 1 atom stereocenters. The van der Waals surface area contributed by atoms with Crippen LogP contribution in [-0.4, -0.2) is 16.2 Å². The van der Waals surface area contributed by atoms with Crippen molar-refractivity contribution in [3.05, 3.63) is 28.0 Å². The van der Waals surface area contributed by atoms with Crippen LogP contribution in [0.4, 0.5) is 4.39 Å². The summed E-state index contributed by atoms with van der Waals surface area (Å²) in [7, 11) is 0. The van der Waals surface area contributed by atoms with Crippen molar-refractivity contribution < 1.29 is 19.4 Å². The Morgan fingerprint density at radius 1 is 1.57 bits per heavy atom. The first-order valence-electron chi connectivity index (χ1n) is 3.60. The molecule has 0 spiro atoms. The number of carboxylic acids is 1. The van der Waals surface area contributed by atoms with E-state index in [0.717, 1.165) is 0 Å². The second-order valence-electron chi connectivity index (χ2n) is 2.62. The van der Waals surface area contributed by atoms with Gasteiger partial charge in [0.15, 0.2) is 11.6 Å². The Balaban J connectivity index is 3.24. The summed E-state index contributed by atoms with van der Waals surface area (Å²) in [5.74, 6) is -2.99. The van der Waals surface area contributed by atoms with Crippen molar-refractivity contribution >= 4 is 21.9 Å². The first-order valence-corrected chi connectivity index (χ1v) is 4.39. The first-order chi connectivity index (χ1) is 6.45. The zero-order chi connectivity index (χ0) is 10.9. The summed E-state index contributed by atoms with van der Waals surface area (Å²) in [6.07, 6.45) is 0. The molecule has 0 heterocycles. The maximum Gasteiger partial charge on any atom is 0.325 e. The molecular formula is C8H7BrFNO3. The van der Waals surface area contributed by atoms with E-state index in [1.807, 2.05) is 0 Å². The number of hydrogen-bond donors (Lipinski definition) is 3. The van der Waals surface area contributed by atoms with Crippen LogP contribution in [-0.2, 0) is 4.79 Å². The second kappa shape index (κ2) is 3.93. The van der Waals surface area contributed by atoms with Gasteiger partial charge in [-0.25, -0.2) is 4.39 Å². The SMILES string of the molecule is N[C@H](C(=O)O)c1ccc(Br)c(F)c1O. The van der Waals surface area contributed by atoms with E-state index >= 15 is 0 Å². The number of phenolic OH excluding ortho intramolecular Hbond substituents is 1. The highest BCUT2D eigenvalue weighted by Gasteiger charge is 2.21. The van der Waals surface area contributed by atoms with Gasteiger partial charge in [0.05, 0.1) is 4.47 Å². The third-order valence-electron chi connectivity index (χ3n) is 1.70. The summed E-state index contributed by atoms with van der Waals surface area (Å²) in [4.78, 5) is 10.5. The lowest BCUT2D eigenvalue weighted by molar-refractivity contribution is -0.138. The Kier molecular flexibility index (Phi) is 3.07. The zero-order valence-corrected chi connectivity index (χ0v) is 8.45. The molecule has 0 saturated heterocycles. The summed E-state index contributed by atoms with van der Waals surface area (Å²) in [5, 5.41) is 17.8. The van der Waals surface area contributed by atoms with Crippen molar-refractivity contribution in [3.8, 4) is 5.75 Å². The van der Waals surface area contributed by atoms with Gasteiger partial charge in [-0.3, -0.25) is 4.79 Å². The number of phenols is 1. The van der Waals surface area contributed by atoms with Gasteiger partial charge in [-0.05, 0) is 22.0 Å². The average Bonchev–Trinajstić information content (AvgIpc) is 2.13. The van der Waals surface area contributed by atoms with Gasteiger partial charge >= 0.3 is 5.97 Å². The van der Waals surface area contributed by atoms with Gasteiger partial charge in [-0.15, -0.1) is 0 Å². The van der Waals surface area contributed by atoms with Crippen LogP contribution in [0.15, 0.2) is 16.6 Å². The van der Waals surface area contributed by atoms with Gasteiger partial charge in [0.25, 0.3) is 0 Å². The Labute approximate surface area is 87.3 Å². The van der Waals surface area contributed by atoms with E-state index in [1.54, 1.807) is 0 Å². The normalized spacial score (nSPS) is 12.5. The number of hydrogen-bond acceptors (Lipinski definition) is 3. The Morgan fingerprint density at radius 3 is 2.64 bits per heavy atom. The second-order valence-corrected chi connectivity index (χ2v) is 3.47. The van der Waals surface area contributed by atoms with Crippen LogP contribution < -0.4 is 5.73 Å². The van der Waals surface area contributed by atoms with Crippen molar-refractivity contribution in [2.75, 3.05) is 0 Å². The van der Waals surface area contributed by atoms with Gasteiger partial charge in [-0.2, -0.15) is 0 Å².